The summed E-state index contributed by atoms with van der Waals surface area (Å²) in [6.45, 7) is 8.53. The van der Waals surface area contributed by atoms with Gasteiger partial charge in [-0.3, -0.25) is 4.79 Å². The van der Waals surface area contributed by atoms with Crippen LogP contribution >= 0.6 is 0 Å². The molecule has 1 saturated carbocycles. The van der Waals surface area contributed by atoms with Gasteiger partial charge in [0.25, 0.3) is 5.56 Å². The molecule has 0 radical (unpaired) electrons. The second-order valence-corrected chi connectivity index (χ2v) is 10.9. The minimum absolute atomic E-state index is 0.142. The van der Waals surface area contributed by atoms with Crippen LogP contribution in [0.5, 0.6) is 0 Å². The van der Waals surface area contributed by atoms with Crippen LogP contribution in [0.4, 0.5) is 11.6 Å². The first-order valence-electron chi connectivity index (χ1n) is 12.8. The molecule has 4 aromatic rings. The third-order valence-electron chi connectivity index (χ3n) is 7.47. The monoisotopic (exact) mass is 494 g/mol. The first-order valence-corrected chi connectivity index (χ1v) is 12.8. The van der Waals surface area contributed by atoms with Gasteiger partial charge >= 0.3 is 0 Å². The normalized spacial score (nSPS) is 16.1. The minimum atomic E-state index is -0.773. The van der Waals surface area contributed by atoms with E-state index in [2.05, 4.69) is 39.9 Å². The number of anilines is 2. The summed E-state index contributed by atoms with van der Waals surface area (Å²) in [5, 5.41) is 17.1. The number of benzene rings is 1. The Bertz CT molecular complexity index is 1630. The molecule has 6 rings (SSSR count). The van der Waals surface area contributed by atoms with E-state index >= 15 is 0 Å². The lowest BCUT2D eigenvalue weighted by atomic mass is 9.91. The predicted molar refractivity (Wildman–Crippen MR) is 142 cm³/mol. The second kappa shape index (κ2) is 8.25. The molecule has 1 spiro atoms. The maximum atomic E-state index is 13.4. The second-order valence-electron chi connectivity index (χ2n) is 10.9. The Kier molecular flexibility index (Phi) is 5.21. The van der Waals surface area contributed by atoms with E-state index in [9.17, 15) is 10.1 Å². The molecule has 3 aromatic heterocycles. The molecule has 37 heavy (non-hydrogen) atoms. The molecule has 2 N–H and O–H groups in total. The Morgan fingerprint density at radius 1 is 1.19 bits per heavy atom. The molecule has 1 fully saturated rings. The van der Waals surface area contributed by atoms with Gasteiger partial charge in [-0.05, 0) is 82.3 Å². The molecule has 1 aliphatic carbocycles. The van der Waals surface area contributed by atoms with E-state index in [0.717, 1.165) is 18.7 Å². The van der Waals surface area contributed by atoms with Crippen LogP contribution in [0.25, 0.3) is 16.9 Å². The van der Waals surface area contributed by atoms with Crippen LogP contribution in [0.1, 0.15) is 63.4 Å². The van der Waals surface area contributed by atoms with Crippen LogP contribution in [-0.2, 0) is 17.4 Å². The summed E-state index contributed by atoms with van der Waals surface area (Å²) in [5.41, 5.74) is 3.99. The van der Waals surface area contributed by atoms with Crippen LogP contribution in [0.15, 0.2) is 47.4 Å². The molecule has 1 aromatic carbocycles. The van der Waals surface area contributed by atoms with Gasteiger partial charge in [-0.25, -0.2) is 19.3 Å². The van der Waals surface area contributed by atoms with Crippen LogP contribution in [0.3, 0.4) is 0 Å². The van der Waals surface area contributed by atoms with Crippen molar-refractivity contribution in [3.05, 3.63) is 69.8 Å². The summed E-state index contributed by atoms with van der Waals surface area (Å²) in [5.74, 6) is 0.938. The van der Waals surface area contributed by atoms with Crippen molar-refractivity contribution in [1.82, 2.24) is 29.6 Å². The van der Waals surface area contributed by atoms with E-state index in [4.69, 9.17) is 9.97 Å². The number of nitrogens with zero attached hydrogens (tertiary/aromatic N) is 6. The van der Waals surface area contributed by atoms with E-state index in [1.165, 1.54) is 24.0 Å². The Morgan fingerprint density at radius 3 is 2.73 bits per heavy atom. The standard InChI is InChI=1S/C28H30N8O/c1-17(2)35-25(37)20-15-30-26(32-19-8-9-21-18(14-19)10-13-31-28(21)11-12-28)34-24(20)36(35)23-7-5-6-22(33-23)27(3,4)16-29/h5-9,14-15,17,31H,10-13H2,1-4H3,(H,30,32,34). The van der Waals surface area contributed by atoms with Crippen molar-refractivity contribution in [2.45, 2.75) is 64.0 Å². The zero-order valence-corrected chi connectivity index (χ0v) is 21.5. The zero-order valence-electron chi connectivity index (χ0n) is 21.5. The number of nitrogens with one attached hydrogen (secondary N) is 2. The SMILES string of the molecule is CC(C)n1c(=O)c2cnc(Nc3ccc4c(c3)CCNC43CC3)nc2n1-c1cccc(C(C)(C)C#N)n1. The first-order chi connectivity index (χ1) is 17.7. The molecule has 2 aliphatic rings. The Hall–Kier alpha value is -4.03. The lowest BCUT2D eigenvalue weighted by molar-refractivity contribution is 0.470. The molecule has 0 atom stereocenters. The van der Waals surface area contributed by atoms with E-state index in [-0.39, 0.29) is 17.1 Å². The van der Waals surface area contributed by atoms with Crippen LogP contribution in [-0.4, -0.2) is 30.9 Å². The van der Waals surface area contributed by atoms with Gasteiger partial charge in [-0.15, -0.1) is 0 Å². The fraction of sp³-hybridized carbons (Fsp3) is 0.393. The number of aromatic nitrogens is 5. The molecule has 188 valence electrons. The van der Waals surface area contributed by atoms with Crippen molar-refractivity contribution in [3.63, 3.8) is 0 Å². The Balaban J connectivity index is 1.44. The summed E-state index contributed by atoms with van der Waals surface area (Å²) < 4.78 is 3.37. The summed E-state index contributed by atoms with van der Waals surface area (Å²) in [7, 11) is 0. The minimum Gasteiger partial charge on any atom is -0.324 e. The van der Waals surface area contributed by atoms with Gasteiger partial charge in [-0.1, -0.05) is 12.1 Å². The van der Waals surface area contributed by atoms with Gasteiger partial charge in [0.1, 0.15) is 5.39 Å². The summed E-state index contributed by atoms with van der Waals surface area (Å²) in [6, 6.07) is 14.1. The van der Waals surface area contributed by atoms with Gasteiger partial charge in [0.15, 0.2) is 11.5 Å². The maximum absolute atomic E-state index is 13.4. The van der Waals surface area contributed by atoms with Gasteiger partial charge < -0.3 is 10.6 Å². The molecule has 9 heteroatoms. The molecule has 1 aliphatic heterocycles. The summed E-state index contributed by atoms with van der Waals surface area (Å²) in [6.07, 6.45) is 4.95. The maximum Gasteiger partial charge on any atom is 0.278 e. The molecule has 9 nitrogen and oxygen atoms in total. The van der Waals surface area contributed by atoms with Crippen LogP contribution < -0.4 is 16.2 Å². The van der Waals surface area contributed by atoms with Crippen molar-refractivity contribution in [1.29, 1.82) is 5.26 Å². The quantitative estimate of drug-likeness (QED) is 0.427. The Labute approximate surface area is 215 Å². The highest BCUT2D eigenvalue weighted by molar-refractivity contribution is 5.77. The van der Waals surface area contributed by atoms with Gasteiger partial charge in [0.05, 0.1) is 17.2 Å². The van der Waals surface area contributed by atoms with Crippen LogP contribution in [0.2, 0.25) is 0 Å². The average Bonchev–Trinajstić information content (AvgIpc) is 3.59. The highest BCUT2D eigenvalue weighted by atomic mass is 16.1. The number of nitriles is 1. The lowest BCUT2D eigenvalue weighted by Gasteiger charge is -2.27. The molecule has 0 bridgehead atoms. The molecule has 4 heterocycles. The van der Waals surface area contributed by atoms with E-state index in [1.54, 1.807) is 15.6 Å². The van der Waals surface area contributed by atoms with Crippen molar-refractivity contribution >= 4 is 22.7 Å². The fourth-order valence-corrected chi connectivity index (χ4v) is 5.27. The zero-order chi connectivity index (χ0) is 25.9. The van der Waals surface area contributed by atoms with E-state index < -0.39 is 5.41 Å². The largest absolute Gasteiger partial charge is 0.324 e. The molecule has 0 amide bonds. The van der Waals surface area contributed by atoms with E-state index in [1.807, 2.05) is 45.9 Å². The highest BCUT2D eigenvalue weighted by Crippen LogP contribution is 2.48. The predicted octanol–water partition coefficient (Wildman–Crippen LogP) is 4.24. The van der Waals surface area contributed by atoms with Crippen molar-refractivity contribution in [2.75, 3.05) is 11.9 Å². The molecule has 0 saturated heterocycles. The molecule has 0 unspecified atom stereocenters. The first kappa shape index (κ1) is 23.4. The number of pyridine rings is 1. The Morgan fingerprint density at radius 2 is 2.00 bits per heavy atom. The van der Waals surface area contributed by atoms with Gasteiger partial charge in [0, 0.05) is 30.0 Å². The van der Waals surface area contributed by atoms with Crippen LogP contribution in [0, 0.1) is 11.3 Å². The summed E-state index contributed by atoms with van der Waals surface area (Å²) in [4.78, 5) is 27.4. The smallest absolute Gasteiger partial charge is 0.278 e. The number of hydrogen-bond acceptors (Lipinski definition) is 7. The van der Waals surface area contributed by atoms with Gasteiger partial charge in [0.2, 0.25) is 5.95 Å². The average molecular weight is 495 g/mol. The number of fused-ring (bicyclic) bond motifs is 3. The third kappa shape index (κ3) is 3.80. The summed E-state index contributed by atoms with van der Waals surface area (Å²) >= 11 is 0. The number of hydrogen-bond donors (Lipinski definition) is 2. The van der Waals surface area contributed by atoms with Gasteiger partial charge in [-0.2, -0.15) is 10.2 Å². The number of rotatable bonds is 5. The third-order valence-corrected chi connectivity index (χ3v) is 7.47. The van der Waals surface area contributed by atoms with Crippen molar-refractivity contribution < 1.29 is 0 Å². The lowest BCUT2D eigenvalue weighted by Crippen LogP contribution is -2.36. The van der Waals surface area contributed by atoms with E-state index in [0.29, 0.717) is 28.5 Å². The molecular weight excluding hydrogens is 464 g/mol. The van der Waals surface area contributed by atoms with Crippen molar-refractivity contribution in [3.8, 4) is 11.9 Å². The fourth-order valence-electron chi connectivity index (χ4n) is 5.27. The van der Waals surface area contributed by atoms with Crippen molar-refractivity contribution in [2.24, 2.45) is 0 Å². The highest BCUT2D eigenvalue weighted by Gasteiger charge is 2.46. The topological polar surface area (TPSA) is 113 Å². The molecular formula is C28H30N8O.